The lowest BCUT2D eigenvalue weighted by Crippen LogP contribution is -2.32. The van der Waals surface area contributed by atoms with Crippen LogP contribution in [0, 0.1) is 6.92 Å². The number of hydrogen-bond donors (Lipinski definition) is 1. The van der Waals surface area contributed by atoms with Gasteiger partial charge >= 0.3 is 0 Å². The fraction of sp³-hybridized carbons (Fsp3) is 0.194. The molecule has 0 bridgehead atoms. The molecule has 0 saturated heterocycles. The molecule has 7 heteroatoms. The fourth-order valence-electron chi connectivity index (χ4n) is 4.36. The lowest BCUT2D eigenvalue weighted by Gasteiger charge is -2.27. The Morgan fingerprint density at radius 2 is 1.42 bits per heavy atom. The second-order valence-corrected chi connectivity index (χ2v) is 11.4. The summed E-state index contributed by atoms with van der Waals surface area (Å²) >= 11 is 6.07. The molecule has 0 atom stereocenters. The van der Waals surface area contributed by atoms with Gasteiger partial charge in [0.1, 0.15) is 0 Å². The van der Waals surface area contributed by atoms with Gasteiger partial charge in [0.25, 0.3) is 15.9 Å². The molecule has 4 rings (SSSR count). The molecule has 38 heavy (non-hydrogen) atoms. The third-order valence-electron chi connectivity index (χ3n) is 6.50. The predicted octanol–water partition coefficient (Wildman–Crippen LogP) is 7.42. The minimum Gasteiger partial charge on any atom is -0.321 e. The standard InChI is InChI=1S/C31H31ClN2O3S/c1-4-24-9-8-10-25(5-2)30(24)33-31(35)28-11-6-7-12-29(28)34(21-23-15-17-26(32)18-16-23)38(36,37)27-19-13-22(3)14-20-27/h6-20H,4-5,21H2,1-3H3,(H,33,35). The highest BCUT2D eigenvalue weighted by Gasteiger charge is 2.29. The van der Waals surface area contributed by atoms with Crippen molar-refractivity contribution < 1.29 is 13.2 Å². The Hall–Kier alpha value is -3.61. The van der Waals surface area contributed by atoms with E-state index in [0.717, 1.165) is 40.8 Å². The van der Waals surface area contributed by atoms with E-state index < -0.39 is 10.0 Å². The zero-order chi connectivity index (χ0) is 27.3. The van der Waals surface area contributed by atoms with Crippen molar-refractivity contribution in [2.24, 2.45) is 0 Å². The van der Waals surface area contributed by atoms with E-state index in [1.54, 1.807) is 72.8 Å². The zero-order valence-corrected chi connectivity index (χ0v) is 23.3. The Morgan fingerprint density at radius 3 is 2.03 bits per heavy atom. The van der Waals surface area contributed by atoms with Crippen LogP contribution in [0.25, 0.3) is 0 Å². The molecule has 5 nitrogen and oxygen atoms in total. The van der Waals surface area contributed by atoms with Crippen LogP contribution >= 0.6 is 11.6 Å². The van der Waals surface area contributed by atoms with Crippen molar-refractivity contribution in [3.63, 3.8) is 0 Å². The molecule has 0 saturated carbocycles. The highest BCUT2D eigenvalue weighted by atomic mass is 35.5. The van der Waals surface area contributed by atoms with Gasteiger partial charge in [0.15, 0.2) is 0 Å². The Kier molecular flexibility index (Phi) is 8.55. The number of nitrogens with one attached hydrogen (secondary N) is 1. The SMILES string of the molecule is CCc1cccc(CC)c1NC(=O)c1ccccc1N(Cc1ccc(Cl)cc1)S(=O)(=O)c1ccc(C)cc1. The van der Waals surface area contributed by atoms with Gasteiger partial charge in [-0.25, -0.2) is 8.42 Å². The van der Waals surface area contributed by atoms with Crippen LogP contribution in [0.2, 0.25) is 5.02 Å². The summed E-state index contributed by atoms with van der Waals surface area (Å²) in [5.41, 5.74) is 5.10. The Morgan fingerprint density at radius 1 is 0.816 bits per heavy atom. The Balaban J connectivity index is 1.81. The van der Waals surface area contributed by atoms with E-state index in [1.807, 2.05) is 39.0 Å². The molecule has 1 N–H and O–H groups in total. The van der Waals surface area contributed by atoms with E-state index >= 15 is 0 Å². The second kappa shape index (κ2) is 11.8. The topological polar surface area (TPSA) is 66.5 Å². The van der Waals surface area contributed by atoms with Crippen molar-refractivity contribution in [2.75, 3.05) is 9.62 Å². The number of carbonyl (C=O) groups excluding carboxylic acids is 1. The van der Waals surface area contributed by atoms with E-state index in [-0.39, 0.29) is 22.9 Å². The molecule has 0 aliphatic heterocycles. The van der Waals surface area contributed by atoms with Crippen LogP contribution < -0.4 is 9.62 Å². The Bertz CT molecular complexity index is 1510. The summed E-state index contributed by atoms with van der Waals surface area (Å²) in [7, 11) is -4.01. The lowest BCUT2D eigenvalue weighted by atomic mass is 10.0. The van der Waals surface area contributed by atoms with E-state index in [9.17, 15) is 13.2 Å². The minimum atomic E-state index is -4.01. The number of nitrogens with zero attached hydrogens (tertiary/aromatic N) is 1. The highest BCUT2D eigenvalue weighted by molar-refractivity contribution is 7.92. The predicted molar refractivity (Wildman–Crippen MR) is 156 cm³/mol. The van der Waals surface area contributed by atoms with Gasteiger partial charge in [0, 0.05) is 10.7 Å². The van der Waals surface area contributed by atoms with Crippen molar-refractivity contribution >= 4 is 38.9 Å². The highest BCUT2D eigenvalue weighted by Crippen LogP contribution is 2.31. The maximum absolute atomic E-state index is 14.0. The van der Waals surface area contributed by atoms with Crippen LogP contribution in [0.5, 0.6) is 0 Å². The number of hydrogen-bond acceptors (Lipinski definition) is 3. The molecule has 0 radical (unpaired) electrons. The maximum Gasteiger partial charge on any atom is 0.264 e. The average molecular weight is 547 g/mol. The number of benzene rings is 4. The fourth-order valence-corrected chi connectivity index (χ4v) is 5.96. The van der Waals surface area contributed by atoms with Gasteiger partial charge in [0.2, 0.25) is 0 Å². The first-order valence-electron chi connectivity index (χ1n) is 12.6. The van der Waals surface area contributed by atoms with Crippen molar-refractivity contribution in [3.05, 3.63) is 124 Å². The first-order valence-corrected chi connectivity index (χ1v) is 14.4. The summed E-state index contributed by atoms with van der Waals surface area (Å²) in [4.78, 5) is 13.9. The van der Waals surface area contributed by atoms with Crippen LogP contribution in [-0.2, 0) is 29.4 Å². The first kappa shape index (κ1) is 27.4. The first-order chi connectivity index (χ1) is 18.2. The number of carbonyl (C=O) groups is 1. The van der Waals surface area contributed by atoms with Gasteiger partial charge in [-0.1, -0.05) is 85.6 Å². The monoisotopic (exact) mass is 546 g/mol. The normalized spacial score (nSPS) is 11.3. The van der Waals surface area contributed by atoms with E-state index in [2.05, 4.69) is 5.32 Å². The lowest BCUT2D eigenvalue weighted by molar-refractivity contribution is 0.102. The van der Waals surface area contributed by atoms with Crippen molar-refractivity contribution in [1.82, 2.24) is 0 Å². The summed E-state index contributed by atoms with van der Waals surface area (Å²) in [6.45, 7) is 6.02. The van der Waals surface area contributed by atoms with Gasteiger partial charge in [-0.2, -0.15) is 0 Å². The second-order valence-electron chi connectivity index (χ2n) is 9.08. The zero-order valence-electron chi connectivity index (χ0n) is 21.7. The largest absolute Gasteiger partial charge is 0.321 e. The van der Waals surface area contributed by atoms with Crippen LogP contribution in [0.4, 0.5) is 11.4 Å². The van der Waals surface area contributed by atoms with Crippen LogP contribution in [0.1, 0.15) is 46.5 Å². The molecule has 4 aromatic carbocycles. The number of sulfonamides is 1. The van der Waals surface area contributed by atoms with Crippen molar-refractivity contribution in [2.45, 2.75) is 45.1 Å². The number of aryl methyl sites for hydroxylation is 3. The molecule has 0 heterocycles. The van der Waals surface area contributed by atoms with Gasteiger partial charge < -0.3 is 5.32 Å². The molecular weight excluding hydrogens is 516 g/mol. The van der Waals surface area contributed by atoms with Gasteiger partial charge in [-0.05, 0) is 72.9 Å². The Labute approximate surface area is 230 Å². The van der Waals surface area contributed by atoms with Crippen molar-refractivity contribution in [3.8, 4) is 0 Å². The van der Waals surface area contributed by atoms with Crippen LogP contribution in [0.15, 0.2) is 95.9 Å². The van der Waals surface area contributed by atoms with Gasteiger partial charge in [-0.3, -0.25) is 9.10 Å². The number of halogens is 1. The summed E-state index contributed by atoms with van der Waals surface area (Å²) in [6.07, 6.45) is 1.52. The number of anilines is 2. The van der Waals surface area contributed by atoms with E-state index in [0.29, 0.717) is 10.7 Å². The third-order valence-corrected chi connectivity index (χ3v) is 8.53. The molecule has 0 unspecified atom stereocenters. The molecule has 0 aliphatic rings. The molecule has 4 aromatic rings. The smallest absolute Gasteiger partial charge is 0.264 e. The summed E-state index contributed by atoms with van der Waals surface area (Å²) in [5, 5.41) is 3.64. The maximum atomic E-state index is 14.0. The third kappa shape index (κ3) is 5.93. The van der Waals surface area contributed by atoms with Crippen molar-refractivity contribution in [1.29, 1.82) is 0 Å². The summed E-state index contributed by atoms with van der Waals surface area (Å²) in [5.74, 6) is -0.364. The molecular formula is C31H31ClN2O3S. The molecule has 0 aromatic heterocycles. The van der Waals surface area contributed by atoms with Crippen LogP contribution in [-0.4, -0.2) is 14.3 Å². The summed E-state index contributed by atoms with van der Waals surface area (Å²) in [6, 6.07) is 26.5. The van der Waals surface area contributed by atoms with E-state index in [4.69, 9.17) is 11.6 Å². The molecule has 1 amide bonds. The average Bonchev–Trinajstić information content (AvgIpc) is 2.93. The molecule has 0 fully saturated rings. The van der Waals surface area contributed by atoms with Gasteiger partial charge in [0.05, 0.1) is 22.7 Å². The molecule has 0 aliphatic carbocycles. The molecule has 0 spiro atoms. The quantitative estimate of drug-likeness (QED) is 0.237. The van der Waals surface area contributed by atoms with Crippen LogP contribution in [0.3, 0.4) is 0 Å². The van der Waals surface area contributed by atoms with Gasteiger partial charge in [-0.15, -0.1) is 0 Å². The number of para-hydroxylation sites is 2. The minimum absolute atomic E-state index is 0.0312. The van der Waals surface area contributed by atoms with E-state index in [1.165, 1.54) is 4.31 Å². The summed E-state index contributed by atoms with van der Waals surface area (Å²) < 4.78 is 29.3. The number of rotatable bonds is 9. The molecule has 196 valence electrons. The number of amides is 1.